The number of aromatic nitrogens is 1. The molecule has 1 amide bonds. The van der Waals surface area contributed by atoms with Crippen LogP contribution in [0.25, 0.3) is 0 Å². The van der Waals surface area contributed by atoms with Crippen molar-refractivity contribution in [2.24, 2.45) is 5.92 Å². The van der Waals surface area contributed by atoms with E-state index < -0.39 is 12.2 Å². The number of likely N-dealkylation sites (tertiary alicyclic amines) is 1. The number of rotatable bonds is 3. The highest BCUT2D eigenvalue weighted by Gasteiger charge is 2.42. The molecule has 0 saturated carbocycles. The molecular formula is C25H30F3N5O2. The van der Waals surface area contributed by atoms with Crippen LogP contribution < -0.4 is 15.1 Å². The number of nitrogens with one attached hydrogen (secondary N) is 1. The average molecular weight is 490 g/mol. The number of fused-ring (bicyclic) bond motifs is 2. The number of hydrogen-bond acceptors (Lipinski definition) is 6. The molecule has 3 aliphatic rings. The largest absolute Gasteiger partial charge is 0.403 e. The number of amides is 1. The van der Waals surface area contributed by atoms with Gasteiger partial charge in [-0.1, -0.05) is 6.07 Å². The first kappa shape index (κ1) is 23.9. The lowest BCUT2D eigenvalue weighted by molar-refractivity contribution is -0.182. The highest BCUT2D eigenvalue weighted by Crippen LogP contribution is 2.39. The van der Waals surface area contributed by atoms with Crippen LogP contribution in [0.1, 0.15) is 25.3 Å². The highest BCUT2D eigenvalue weighted by atomic mass is 19.4. The Bertz CT molecular complexity index is 1070. The number of morpholine rings is 1. The zero-order valence-corrected chi connectivity index (χ0v) is 19.7. The van der Waals surface area contributed by atoms with Gasteiger partial charge in [-0.3, -0.25) is 9.69 Å². The summed E-state index contributed by atoms with van der Waals surface area (Å²) in [5.74, 6) is 0.324. The van der Waals surface area contributed by atoms with E-state index in [1.165, 1.54) is 11.8 Å². The molecule has 0 spiro atoms. The number of anilines is 4. The van der Waals surface area contributed by atoms with Crippen LogP contribution in [-0.4, -0.2) is 67.4 Å². The molecule has 188 valence electrons. The van der Waals surface area contributed by atoms with Crippen molar-refractivity contribution in [2.75, 3.05) is 54.5 Å². The van der Waals surface area contributed by atoms with E-state index in [9.17, 15) is 18.0 Å². The first-order chi connectivity index (χ1) is 16.8. The number of halogens is 3. The molecule has 35 heavy (non-hydrogen) atoms. The van der Waals surface area contributed by atoms with Crippen molar-refractivity contribution in [2.45, 2.75) is 38.5 Å². The third-order valence-electron chi connectivity index (χ3n) is 7.29. The van der Waals surface area contributed by atoms with Crippen LogP contribution in [0.5, 0.6) is 0 Å². The number of hydrogen-bond donors (Lipinski definition) is 1. The van der Waals surface area contributed by atoms with E-state index in [1.807, 2.05) is 30.3 Å². The topological polar surface area (TPSA) is 60.9 Å². The van der Waals surface area contributed by atoms with Gasteiger partial charge in [0.1, 0.15) is 11.9 Å². The number of ether oxygens (including phenoxy) is 1. The number of nitrogens with zero attached hydrogens (tertiary/aromatic N) is 4. The van der Waals surface area contributed by atoms with Gasteiger partial charge in [0.05, 0.1) is 31.1 Å². The van der Waals surface area contributed by atoms with Crippen molar-refractivity contribution < 1.29 is 22.7 Å². The molecule has 4 heterocycles. The molecule has 10 heteroatoms. The van der Waals surface area contributed by atoms with E-state index in [2.05, 4.69) is 15.2 Å². The number of carbonyl (C=O) groups is 1. The Balaban J connectivity index is 1.42. The molecule has 0 radical (unpaired) electrons. The monoisotopic (exact) mass is 489 g/mol. The molecule has 2 fully saturated rings. The third-order valence-corrected chi connectivity index (χ3v) is 7.29. The Morgan fingerprint density at radius 1 is 1.14 bits per heavy atom. The van der Waals surface area contributed by atoms with Gasteiger partial charge < -0.3 is 19.9 Å². The van der Waals surface area contributed by atoms with Crippen molar-refractivity contribution in [3.05, 3.63) is 42.1 Å². The minimum Gasteiger partial charge on any atom is -0.378 e. The SMILES string of the molecule is CC(N1CCC(C(=O)N2Cc3cccnc3Nc3ccc(N4CCOCC4)cc32)CC1)C(F)(F)F. The average Bonchev–Trinajstić information content (AvgIpc) is 3.04. The number of benzene rings is 1. The van der Waals surface area contributed by atoms with Crippen molar-refractivity contribution >= 4 is 28.8 Å². The van der Waals surface area contributed by atoms with Gasteiger partial charge >= 0.3 is 6.18 Å². The van der Waals surface area contributed by atoms with E-state index in [-0.39, 0.29) is 24.9 Å². The Kier molecular flexibility index (Phi) is 6.59. The minimum atomic E-state index is -4.27. The predicted octanol–water partition coefficient (Wildman–Crippen LogP) is 4.17. The summed E-state index contributed by atoms with van der Waals surface area (Å²) in [6, 6.07) is 8.31. The summed E-state index contributed by atoms with van der Waals surface area (Å²) in [7, 11) is 0. The molecule has 2 saturated heterocycles. The van der Waals surface area contributed by atoms with Crippen LogP contribution in [0.2, 0.25) is 0 Å². The van der Waals surface area contributed by atoms with Crippen molar-refractivity contribution in [1.82, 2.24) is 9.88 Å². The first-order valence-electron chi connectivity index (χ1n) is 12.1. The summed E-state index contributed by atoms with van der Waals surface area (Å²) in [6.07, 6.45) is -1.75. The third kappa shape index (κ3) is 4.95. The van der Waals surface area contributed by atoms with Crippen molar-refractivity contribution in [3.63, 3.8) is 0 Å². The Labute approximate surface area is 202 Å². The molecule has 5 rings (SSSR count). The molecule has 1 aromatic heterocycles. The van der Waals surface area contributed by atoms with Crippen LogP contribution in [-0.2, 0) is 16.1 Å². The molecular weight excluding hydrogens is 459 g/mol. The molecule has 1 N–H and O–H groups in total. The second kappa shape index (κ2) is 9.66. The second-order valence-corrected chi connectivity index (χ2v) is 9.39. The molecule has 2 aromatic rings. The van der Waals surface area contributed by atoms with Gasteiger partial charge in [-0.2, -0.15) is 13.2 Å². The van der Waals surface area contributed by atoms with Gasteiger partial charge in [-0.25, -0.2) is 4.98 Å². The smallest absolute Gasteiger partial charge is 0.378 e. The lowest BCUT2D eigenvalue weighted by Gasteiger charge is -2.38. The zero-order chi connectivity index (χ0) is 24.6. The van der Waals surface area contributed by atoms with E-state index >= 15 is 0 Å². The zero-order valence-electron chi connectivity index (χ0n) is 19.7. The summed E-state index contributed by atoms with van der Waals surface area (Å²) in [6.45, 7) is 4.91. The normalized spacial score (nSPS) is 20.5. The Hall–Kier alpha value is -2.85. The maximum atomic E-state index is 13.8. The number of carbonyl (C=O) groups excluding carboxylic acids is 1. The Morgan fingerprint density at radius 3 is 2.60 bits per heavy atom. The van der Waals surface area contributed by atoms with Crippen LogP contribution >= 0.6 is 0 Å². The van der Waals surface area contributed by atoms with E-state index in [0.717, 1.165) is 35.7 Å². The van der Waals surface area contributed by atoms with E-state index in [1.54, 1.807) is 11.1 Å². The van der Waals surface area contributed by atoms with Crippen LogP contribution in [0.4, 0.5) is 36.1 Å². The summed E-state index contributed by atoms with van der Waals surface area (Å²) in [5.41, 5.74) is 3.46. The van der Waals surface area contributed by atoms with Gasteiger partial charge in [0, 0.05) is 36.5 Å². The number of piperidine rings is 1. The fraction of sp³-hybridized carbons (Fsp3) is 0.520. The van der Waals surface area contributed by atoms with Gasteiger partial charge in [0.15, 0.2) is 0 Å². The quantitative estimate of drug-likeness (QED) is 0.699. The number of alkyl halides is 3. The number of pyridine rings is 1. The highest BCUT2D eigenvalue weighted by molar-refractivity contribution is 6.00. The van der Waals surface area contributed by atoms with E-state index in [0.29, 0.717) is 38.4 Å². The Morgan fingerprint density at radius 2 is 1.89 bits per heavy atom. The summed E-state index contributed by atoms with van der Waals surface area (Å²) < 4.78 is 45.0. The van der Waals surface area contributed by atoms with Gasteiger partial charge in [0.25, 0.3) is 0 Å². The predicted molar refractivity (Wildman–Crippen MR) is 128 cm³/mol. The molecule has 3 aliphatic heterocycles. The van der Waals surface area contributed by atoms with E-state index in [4.69, 9.17) is 4.74 Å². The summed E-state index contributed by atoms with van der Waals surface area (Å²) >= 11 is 0. The second-order valence-electron chi connectivity index (χ2n) is 9.39. The van der Waals surface area contributed by atoms with Crippen LogP contribution in [0, 0.1) is 5.92 Å². The summed E-state index contributed by atoms with van der Waals surface area (Å²) in [5, 5.41) is 3.38. The molecule has 7 nitrogen and oxygen atoms in total. The fourth-order valence-electron chi connectivity index (χ4n) is 5.09. The van der Waals surface area contributed by atoms with Gasteiger partial charge in [0.2, 0.25) is 5.91 Å². The van der Waals surface area contributed by atoms with Gasteiger partial charge in [-0.05, 0) is 57.1 Å². The lowest BCUT2D eigenvalue weighted by atomic mass is 9.93. The molecule has 1 atom stereocenters. The van der Waals surface area contributed by atoms with Crippen molar-refractivity contribution in [3.8, 4) is 0 Å². The van der Waals surface area contributed by atoms with Gasteiger partial charge in [-0.15, -0.1) is 0 Å². The van der Waals surface area contributed by atoms with Crippen LogP contribution in [0.3, 0.4) is 0 Å². The maximum absolute atomic E-state index is 13.8. The minimum absolute atomic E-state index is 0.0526. The molecule has 1 unspecified atom stereocenters. The maximum Gasteiger partial charge on any atom is 0.403 e. The van der Waals surface area contributed by atoms with Crippen molar-refractivity contribution in [1.29, 1.82) is 0 Å². The molecule has 0 aliphatic carbocycles. The molecule has 1 aromatic carbocycles. The van der Waals surface area contributed by atoms with Crippen LogP contribution in [0.15, 0.2) is 36.5 Å². The fourth-order valence-corrected chi connectivity index (χ4v) is 5.09. The molecule has 0 bridgehead atoms. The lowest BCUT2D eigenvalue weighted by Crippen LogP contribution is -2.49. The first-order valence-corrected chi connectivity index (χ1v) is 12.1. The summed E-state index contributed by atoms with van der Waals surface area (Å²) in [4.78, 5) is 23.8. The standard InChI is InChI=1S/C25H30F3N5O2/c1-17(25(26,27)28)31-9-6-18(7-10-31)24(34)33-16-19-3-2-8-29-23(19)30-21-5-4-20(15-22(21)33)32-11-13-35-14-12-32/h2-5,8,15,17-18H,6-7,9-14,16H2,1H3,(H,29,30).